The third kappa shape index (κ3) is 1.84. The summed E-state index contributed by atoms with van der Waals surface area (Å²) in [7, 11) is 1.56. The fraction of sp³-hybridized carbons (Fsp3) is 0.273. The van der Waals surface area contributed by atoms with Crippen molar-refractivity contribution < 1.29 is 9.53 Å². The molecule has 0 bridgehead atoms. The summed E-state index contributed by atoms with van der Waals surface area (Å²) < 4.78 is 5.01. The van der Waals surface area contributed by atoms with Crippen LogP contribution in [0.5, 0.6) is 5.88 Å². The molecule has 0 aromatic carbocycles. The highest BCUT2D eigenvalue weighted by molar-refractivity contribution is 5.97. The summed E-state index contributed by atoms with van der Waals surface area (Å²) >= 11 is 0. The molecule has 0 aliphatic heterocycles. The van der Waals surface area contributed by atoms with Gasteiger partial charge in [-0.1, -0.05) is 0 Å². The summed E-state index contributed by atoms with van der Waals surface area (Å²) in [5, 5.41) is 3.62. The van der Waals surface area contributed by atoms with Crippen LogP contribution in [0.4, 0.5) is 0 Å². The van der Waals surface area contributed by atoms with Gasteiger partial charge in [0, 0.05) is 24.2 Å². The van der Waals surface area contributed by atoms with Gasteiger partial charge in [0.25, 0.3) is 5.91 Å². The van der Waals surface area contributed by atoms with Crippen molar-refractivity contribution in [2.24, 2.45) is 0 Å². The molecular weight excluding hydrogens is 206 g/mol. The molecule has 16 heavy (non-hydrogen) atoms. The fourth-order valence-electron chi connectivity index (χ4n) is 1.50. The zero-order valence-electron chi connectivity index (χ0n) is 9.20. The Bertz CT molecular complexity index is 519. The van der Waals surface area contributed by atoms with Crippen LogP contribution >= 0.6 is 0 Å². The smallest absolute Gasteiger partial charge is 0.267 e. The van der Waals surface area contributed by atoms with Crippen LogP contribution in [-0.4, -0.2) is 29.5 Å². The van der Waals surface area contributed by atoms with Gasteiger partial charge in [-0.25, -0.2) is 4.98 Å². The molecule has 0 aliphatic rings. The highest BCUT2D eigenvalue weighted by Gasteiger charge is 2.08. The maximum atomic E-state index is 11.6. The van der Waals surface area contributed by atoms with E-state index < -0.39 is 0 Å². The molecule has 2 N–H and O–H groups in total. The molecule has 0 saturated heterocycles. The number of carbonyl (C=O) groups excluding carboxylic acids is 1. The Balaban J connectivity index is 2.39. The Morgan fingerprint density at radius 1 is 1.56 bits per heavy atom. The van der Waals surface area contributed by atoms with Crippen molar-refractivity contribution in [1.29, 1.82) is 0 Å². The van der Waals surface area contributed by atoms with Crippen molar-refractivity contribution in [1.82, 2.24) is 15.3 Å². The van der Waals surface area contributed by atoms with Gasteiger partial charge >= 0.3 is 0 Å². The van der Waals surface area contributed by atoms with Gasteiger partial charge in [-0.05, 0) is 13.0 Å². The van der Waals surface area contributed by atoms with Gasteiger partial charge < -0.3 is 15.0 Å². The minimum atomic E-state index is -0.113. The first-order valence-electron chi connectivity index (χ1n) is 5.05. The van der Waals surface area contributed by atoms with E-state index in [0.29, 0.717) is 18.1 Å². The van der Waals surface area contributed by atoms with Crippen LogP contribution in [0.15, 0.2) is 18.3 Å². The average Bonchev–Trinajstić information content (AvgIpc) is 2.71. The molecule has 0 saturated carbocycles. The van der Waals surface area contributed by atoms with E-state index in [4.69, 9.17) is 4.74 Å². The van der Waals surface area contributed by atoms with E-state index in [1.807, 2.05) is 6.92 Å². The monoisotopic (exact) mass is 219 g/mol. The quantitative estimate of drug-likeness (QED) is 0.818. The molecule has 0 fully saturated rings. The number of fused-ring (bicyclic) bond motifs is 1. The molecule has 0 unspecified atom stereocenters. The number of hydrogen-bond donors (Lipinski definition) is 2. The van der Waals surface area contributed by atoms with Crippen molar-refractivity contribution in [2.45, 2.75) is 6.92 Å². The number of hydrogen-bond acceptors (Lipinski definition) is 3. The Labute approximate surface area is 92.8 Å². The number of rotatable bonds is 3. The summed E-state index contributed by atoms with van der Waals surface area (Å²) in [5.74, 6) is 0.412. The minimum Gasteiger partial charge on any atom is -0.481 e. The first kappa shape index (κ1) is 10.5. The summed E-state index contributed by atoms with van der Waals surface area (Å²) in [5.41, 5.74) is 1.38. The lowest BCUT2D eigenvalue weighted by Crippen LogP contribution is -2.22. The van der Waals surface area contributed by atoms with Crippen LogP contribution in [0.25, 0.3) is 10.9 Å². The van der Waals surface area contributed by atoms with Crippen LogP contribution < -0.4 is 10.1 Å². The van der Waals surface area contributed by atoms with Crippen molar-refractivity contribution in [3.63, 3.8) is 0 Å². The molecular formula is C11H13N3O2. The molecule has 2 rings (SSSR count). The average molecular weight is 219 g/mol. The SMILES string of the molecule is CCNC(=O)c1cc2cnc(OC)cc2[nH]1. The largest absolute Gasteiger partial charge is 0.481 e. The molecule has 1 amide bonds. The topological polar surface area (TPSA) is 67.0 Å². The predicted octanol–water partition coefficient (Wildman–Crippen LogP) is 1.32. The number of amides is 1. The zero-order chi connectivity index (χ0) is 11.5. The lowest BCUT2D eigenvalue weighted by molar-refractivity contribution is 0.0951. The lowest BCUT2D eigenvalue weighted by atomic mass is 10.3. The lowest BCUT2D eigenvalue weighted by Gasteiger charge is -1.97. The van der Waals surface area contributed by atoms with Gasteiger partial charge in [-0.3, -0.25) is 4.79 Å². The fourth-order valence-corrected chi connectivity index (χ4v) is 1.50. The Kier molecular flexibility index (Phi) is 2.76. The van der Waals surface area contributed by atoms with Gasteiger partial charge in [-0.15, -0.1) is 0 Å². The van der Waals surface area contributed by atoms with E-state index in [1.165, 1.54) is 0 Å². The Morgan fingerprint density at radius 3 is 3.06 bits per heavy atom. The van der Waals surface area contributed by atoms with Crippen molar-refractivity contribution in [3.8, 4) is 5.88 Å². The highest BCUT2D eigenvalue weighted by Crippen LogP contribution is 2.18. The molecule has 5 nitrogen and oxygen atoms in total. The van der Waals surface area contributed by atoms with Gasteiger partial charge in [0.15, 0.2) is 0 Å². The molecule has 0 atom stereocenters. The van der Waals surface area contributed by atoms with E-state index >= 15 is 0 Å². The molecule has 0 aliphatic carbocycles. The summed E-state index contributed by atoms with van der Waals surface area (Å²) in [6.07, 6.45) is 1.67. The summed E-state index contributed by atoms with van der Waals surface area (Å²) in [6.45, 7) is 2.49. The third-order valence-corrected chi connectivity index (χ3v) is 2.27. The number of methoxy groups -OCH3 is 1. The molecule has 84 valence electrons. The molecule has 0 spiro atoms. The minimum absolute atomic E-state index is 0.113. The first-order valence-corrected chi connectivity index (χ1v) is 5.05. The van der Waals surface area contributed by atoms with Crippen molar-refractivity contribution in [3.05, 3.63) is 24.0 Å². The zero-order valence-corrected chi connectivity index (χ0v) is 9.20. The van der Waals surface area contributed by atoms with Crippen LogP contribution in [0.2, 0.25) is 0 Å². The van der Waals surface area contributed by atoms with Crippen LogP contribution in [0.1, 0.15) is 17.4 Å². The molecule has 0 radical (unpaired) electrons. The number of carbonyl (C=O) groups is 1. The van der Waals surface area contributed by atoms with E-state index in [-0.39, 0.29) is 5.91 Å². The maximum Gasteiger partial charge on any atom is 0.267 e. The first-order chi connectivity index (χ1) is 7.74. The third-order valence-electron chi connectivity index (χ3n) is 2.27. The number of nitrogens with zero attached hydrogens (tertiary/aromatic N) is 1. The van der Waals surface area contributed by atoms with Crippen LogP contribution in [0.3, 0.4) is 0 Å². The highest BCUT2D eigenvalue weighted by atomic mass is 16.5. The normalized spacial score (nSPS) is 10.4. The standard InChI is InChI=1S/C11H13N3O2/c1-3-12-11(15)9-4-7-6-13-10(16-2)5-8(7)14-9/h4-6,14H,3H2,1-2H3,(H,12,15). The molecule has 2 aromatic heterocycles. The van der Waals surface area contributed by atoms with Crippen molar-refractivity contribution in [2.75, 3.05) is 13.7 Å². The van der Waals surface area contributed by atoms with Crippen LogP contribution in [-0.2, 0) is 0 Å². The van der Waals surface area contributed by atoms with Gasteiger partial charge in [0.05, 0.1) is 12.6 Å². The number of ether oxygens (including phenoxy) is 1. The number of H-pyrrole nitrogens is 1. The van der Waals surface area contributed by atoms with Crippen molar-refractivity contribution >= 4 is 16.8 Å². The van der Waals surface area contributed by atoms with Crippen LogP contribution in [0, 0.1) is 0 Å². The molecule has 5 heteroatoms. The second-order valence-electron chi connectivity index (χ2n) is 3.36. The predicted molar refractivity (Wildman–Crippen MR) is 60.7 cm³/mol. The number of aromatic nitrogens is 2. The summed E-state index contributed by atoms with van der Waals surface area (Å²) in [6, 6.07) is 3.53. The number of nitrogens with one attached hydrogen (secondary N) is 2. The Morgan fingerprint density at radius 2 is 2.38 bits per heavy atom. The van der Waals surface area contributed by atoms with E-state index in [0.717, 1.165) is 10.9 Å². The number of pyridine rings is 1. The van der Waals surface area contributed by atoms with E-state index in [2.05, 4.69) is 15.3 Å². The maximum absolute atomic E-state index is 11.6. The molecule has 2 heterocycles. The Hall–Kier alpha value is -2.04. The molecule has 2 aromatic rings. The number of aromatic amines is 1. The van der Waals surface area contributed by atoms with E-state index in [9.17, 15) is 4.79 Å². The second-order valence-corrected chi connectivity index (χ2v) is 3.36. The van der Waals surface area contributed by atoms with Gasteiger partial charge in [-0.2, -0.15) is 0 Å². The second kappa shape index (κ2) is 4.22. The van der Waals surface area contributed by atoms with E-state index in [1.54, 1.807) is 25.4 Å². The van der Waals surface area contributed by atoms with Gasteiger partial charge in [0.2, 0.25) is 5.88 Å². The summed E-state index contributed by atoms with van der Waals surface area (Å²) in [4.78, 5) is 18.7. The van der Waals surface area contributed by atoms with Gasteiger partial charge in [0.1, 0.15) is 5.69 Å².